The predicted octanol–water partition coefficient (Wildman–Crippen LogP) is 2.54. The lowest BCUT2D eigenvalue weighted by Crippen LogP contribution is -2.48. The number of piperidine rings is 1. The molecular weight excluding hydrogens is 305 g/mol. The first-order chi connectivity index (χ1) is 9.52. The molecule has 1 aromatic carbocycles. The van der Waals surface area contributed by atoms with Gasteiger partial charge in [0.05, 0.1) is 0 Å². The molecule has 0 aromatic heterocycles. The fourth-order valence-electron chi connectivity index (χ4n) is 3.19. The zero-order valence-corrected chi connectivity index (χ0v) is 12.0. The van der Waals surface area contributed by atoms with Crippen LogP contribution in [0.15, 0.2) is 12.1 Å². The molecule has 2 aliphatic rings. The maximum absolute atomic E-state index is 13.5. The second-order valence-corrected chi connectivity index (χ2v) is 5.52. The standard InChI is InChI=1S/C14H15F3N2O.ClH/c15-7-3-11(16)13(12(17)4-7)14(20)19-10-5-8-1-2-9(6-10)18-8;/h3-4,8-10,18H,1-2,5-6H2,(H,19,20);1H. The molecule has 3 nitrogen and oxygen atoms in total. The van der Waals surface area contributed by atoms with Gasteiger partial charge in [0, 0.05) is 30.3 Å². The van der Waals surface area contributed by atoms with Crippen LogP contribution in [0.4, 0.5) is 13.2 Å². The summed E-state index contributed by atoms with van der Waals surface area (Å²) in [6.07, 6.45) is 3.64. The van der Waals surface area contributed by atoms with Crippen LogP contribution in [0.2, 0.25) is 0 Å². The molecule has 116 valence electrons. The van der Waals surface area contributed by atoms with Crippen molar-refractivity contribution in [1.29, 1.82) is 0 Å². The average Bonchev–Trinajstić information content (AvgIpc) is 2.67. The first-order valence-electron chi connectivity index (χ1n) is 6.74. The quantitative estimate of drug-likeness (QED) is 0.879. The average molecular weight is 321 g/mol. The number of nitrogens with one attached hydrogen (secondary N) is 2. The summed E-state index contributed by atoms with van der Waals surface area (Å²) in [7, 11) is 0. The van der Waals surface area contributed by atoms with Crippen molar-refractivity contribution in [3.63, 3.8) is 0 Å². The van der Waals surface area contributed by atoms with Gasteiger partial charge in [-0.15, -0.1) is 12.4 Å². The van der Waals surface area contributed by atoms with Crippen LogP contribution >= 0.6 is 12.4 Å². The minimum Gasteiger partial charge on any atom is -0.349 e. The number of fused-ring (bicyclic) bond motifs is 2. The van der Waals surface area contributed by atoms with Crippen molar-refractivity contribution in [2.45, 2.75) is 43.8 Å². The smallest absolute Gasteiger partial charge is 0.257 e. The van der Waals surface area contributed by atoms with Crippen LogP contribution in [0.1, 0.15) is 36.0 Å². The van der Waals surface area contributed by atoms with Crippen LogP contribution in [0.5, 0.6) is 0 Å². The van der Waals surface area contributed by atoms with E-state index in [-0.39, 0.29) is 18.4 Å². The van der Waals surface area contributed by atoms with Gasteiger partial charge in [0.1, 0.15) is 23.0 Å². The molecular formula is C14H16ClF3N2O. The van der Waals surface area contributed by atoms with Gasteiger partial charge < -0.3 is 10.6 Å². The monoisotopic (exact) mass is 320 g/mol. The van der Waals surface area contributed by atoms with Crippen LogP contribution in [-0.4, -0.2) is 24.0 Å². The second kappa shape index (κ2) is 6.23. The van der Waals surface area contributed by atoms with Crippen LogP contribution < -0.4 is 10.6 Å². The van der Waals surface area contributed by atoms with E-state index in [2.05, 4.69) is 10.6 Å². The molecule has 2 aliphatic heterocycles. The van der Waals surface area contributed by atoms with Crippen molar-refractivity contribution < 1.29 is 18.0 Å². The number of benzene rings is 1. The van der Waals surface area contributed by atoms with E-state index >= 15 is 0 Å². The van der Waals surface area contributed by atoms with Crippen molar-refractivity contribution in [3.8, 4) is 0 Å². The van der Waals surface area contributed by atoms with Gasteiger partial charge in [-0.2, -0.15) is 0 Å². The summed E-state index contributed by atoms with van der Waals surface area (Å²) >= 11 is 0. The Morgan fingerprint density at radius 1 is 1.10 bits per heavy atom. The lowest BCUT2D eigenvalue weighted by molar-refractivity contribution is 0.0915. The van der Waals surface area contributed by atoms with Crippen molar-refractivity contribution in [2.75, 3.05) is 0 Å². The van der Waals surface area contributed by atoms with E-state index in [1.807, 2.05) is 0 Å². The van der Waals surface area contributed by atoms with Crippen molar-refractivity contribution in [2.24, 2.45) is 0 Å². The molecule has 21 heavy (non-hydrogen) atoms. The lowest BCUT2D eigenvalue weighted by Gasteiger charge is -2.29. The molecule has 1 amide bonds. The van der Waals surface area contributed by atoms with Crippen LogP contribution in [-0.2, 0) is 0 Å². The zero-order valence-electron chi connectivity index (χ0n) is 11.2. The van der Waals surface area contributed by atoms with E-state index in [0.29, 0.717) is 24.2 Å². The van der Waals surface area contributed by atoms with Gasteiger partial charge in [0.25, 0.3) is 5.91 Å². The summed E-state index contributed by atoms with van der Waals surface area (Å²) in [6.45, 7) is 0. The molecule has 7 heteroatoms. The van der Waals surface area contributed by atoms with E-state index in [1.54, 1.807) is 0 Å². The third kappa shape index (κ3) is 3.32. The van der Waals surface area contributed by atoms with Gasteiger partial charge in [0.2, 0.25) is 0 Å². The third-order valence-electron chi connectivity index (χ3n) is 4.04. The summed E-state index contributed by atoms with van der Waals surface area (Å²) < 4.78 is 39.9. The molecule has 0 saturated carbocycles. The third-order valence-corrected chi connectivity index (χ3v) is 4.04. The van der Waals surface area contributed by atoms with Gasteiger partial charge in [-0.25, -0.2) is 13.2 Å². The van der Waals surface area contributed by atoms with Gasteiger partial charge in [-0.1, -0.05) is 0 Å². The highest BCUT2D eigenvalue weighted by Gasteiger charge is 2.34. The molecule has 2 heterocycles. The molecule has 2 fully saturated rings. The molecule has 2 unspecified atom stereocenters. The van der Waals surface area contributed by atoms with Gasteiger partial charge in [0.15, 0.2) is 0 Å². The SMILES string of the molecule is Cl.O=C(NC1CC2CCC(C1)N2)c1c(F)cc(F)cc1F. The van der Waals surface area contributed by atoms with E-state index in [9.17, 15) is 18.0 Å². The summed E-state index contributed by atoms with van der Waals surface area (Å²) in [5, 5.41) is 6.07. The van der Waals surface area contributed by atoms with Gasteiger partial charge >= 0.3 is 0 Å². The topological polar surface area (TPSA) is 41.1 Å². The normalized spacial score (nSPS) is 27.1. The summed E-state index contributed by atoms with van der Waals surface area (Å²) in [4.78, 5) is 12.0. The number of hydrogen-bond acceptors (Lipinski definition) is 2. The summed E-state index contributed by atoms with van der Waals surface area (Å²) in [5.74, 6) is -4.18. The Bertz CT molecular complexity index is 520. The fraction of sp³-hybridized carbons (Fsp3) is 0.500. The van der Waals surface area contributed by atoms with Crippen molar-refractivity contribution in [1.82, 2.24) is 10.6 Å². The van der Waals surface area contributed by atoms with Crippen molar-refractivity contribution >= 4 is 18.3 Å². The molecule has 2 saturated heterocycles. The Morgan fingerprint density at radius 3 is 2.14 bits per heavy atom. The zero-order chi connectivity index (χ0) is 14.3. The highest BCUT2D eigenvalue weighted by molar-refractivity contribution is 5.95. The number of halogens is 4. The molecule has 0 aliphatic carbocycles. The molecule has 0 radical (unpaired) electrons. The minimum absolute atomic E-state index is 0. The Balaban J connectivity index is 0.00000161. The molecule has 1 aromatic rings. The largest absolute Gasteiger partial charge is 0.349 e. The Hall–Kier alpha value is -1.27. The maximum atomic E-state index is 13.5. The van der Waals surface area contributed by atoms with Crippen molar-refractivity contribution in [3.05, 3.63) is 35.1 Å². The molecule has 0 spiro atoms. The first kappa shape index (κ1) is 16.1. The van der Waals surface area contributed by atoms with E-state index in [0.717, 1.165) is 25.7 Å². The Morgan fingerprint density at radius 2 is 1.62 bits per heavy atom. The molecule has 2 bridgehead atoms. The minimum atomic E-state index is -1.17. The first-order valence-corrected chi connectivity index (χ1v) is 6.74. The molecule has 2 N–H and O–H groups in total. The van der Waals surface area contributed by atoms with Crippen LogP contribution in [0.3, 0.4) is 0 Å². The Labute approximate surface area is 126 Å². The van der Waals surface area contributed by atoms with E-state index < -0.39 is 28.9 Å². The number of amides is 1. The van der Waals surface area contributed by atoms with Crippen LogP contribution in [0.25, 0.3) is 0 Å². The number of hydrogen-bond donors (Lipinski definition) is 2. The number of rotatable bonds is 2. The number of carbonyl (C=O) groups is 1. The fourth-order valence-corrected chi connectivity index (χ4v) is 3.19. The van der Waals surface area contributed by atoms with E-state index in [4.69, 9.17) is 0 Å². The number of carbonyl (C=O) groups excluding carboxylic acids is 1. The predicted molar refractivity (Wildman–Crippen MR) is 74.0 cm³/mol. The van der Waals surface area contributed by atoms with E-state index in [1.165, 1.54) is 0 Å². The summed E-state index contributed by atoms with van der Waals surface area (Å²) in [5.41, 5.74) is -0.711. The van der Waals surface area contributed by atoms with Gasteiger partial charge in [-0.05, 0) is 25.7 Å². The highest BCUT2D eigenvalue weighted by Crippen LogP contribution is 2.27. The second-order valence-electron chi connectivity index (χ2n) is 5.52. The summed E-state index contributed by atoms with van der Waals surface area (Å²) in [6, 6.07) is 1.67. The Kier molecular flexibility index (Phi) is 4.78. The molecule has 2 atom stereocenters. The van der Waals surface area contributed by atoms with Crippen LogP contribution in [0, 0.1) is 17.5 Å². The molecule has 3 rings (SSSR count). The lowest BCUT2D eigenvalue weighted by atomic mass is 9.99. The van der Waals surface area contributed by atoms with Gasteiger partial charge in [-0.3, -0.25) is 4.79 Å². The maximum Gasteiger partial charge on any atom is 0.257 e. The highest BCUT2D eigenvalue weighted by atomic mass is 35.5.